The molecule has 4 nitrogen and oxygen atoms in total. The molecule has 0 bridgehead atoms. The first-order chi connectivity index (χ1) is 6.67. The van der Waals surface area contributed by atoms with Gasteiger partial charge in [0.15, 0.2) is 5.22 Å². The van der Waals surface area contributed by atoms with E-state index in [1.807, 2.05) is 0 Å². The molecule has 0 spiro atoms. The van der Waals surface area contributed by atoms with Gasteiger partial charge in [-0.25, -0.2) is 0 Å². The van der Waals surface area contributed by atoms with Crippen LogP contribution < -0.4 is 5.73 Å². The Morgan fingerprint density at radius 2 is 2.43 bits per heavy atom. The number of hydrogen-bond donors (Lipinski definition) is 1. The molecule has 1 atom stereocenters. The van der Waals surface area contributed by atoms with Crippen LogP contribution in [0.25, 0.3) is 0 Å². The molecule has 0 saturated heterocycles. The maximum Gasteiger partial charge on any atom is 0.306 e. The third kappa shape index (κ3) is 2.75. The summed E-state index contributed by atoms with van der Waals surface area (Å²) >= 11 is 5.61. The maximum atomic E-state index is 11.0. The summed E-state index contributed by atoms with van der Waals surface area (Å²) in [6, 6.07) is 3.33. The molecule has 1 unspecified atom stereocenters. The van der Waals surface area contributed by atoms with Gasteiger partial charge in [-0.2, -0.15) is 0 Å². The average Bonchev–Trinajstić information content (AvgIpc) is 2.60. The van der Waals surface area contributed by atoms with Gasteiger partial charge in [0.05, 0.1) is 13.5 Å². The maximum absolute atomic E-state index is 11.0. The van der Waals surface area contributed by atoms with E-state index in [2.05, 4.69) is 4.74 Å². The Morgan fingerprint density at radius 1 is 1.71 bits per heavy atom. The Labute approximate surface area is 87.0 Å². The molecule has 0 aliphatic carbocycles. The SMILES string of the molecule is COC(=O)CC(CN)c1ccc(Cl)o1. The highest BCUT2D eigenvalue weighted by Gasteiger charge is 2.18. The molecule has 0 aliphatic heterocycles. The van der Waals surface area contributed by atoms with E-state index in [0.717, 1.165) is 0 Å². The summed E-state index contributed by atoms with van der Waals surface area (Å²) < 4.78 is 9.70. The Kier molecular flexibility index (Phi) is 3.98. The zero-order valence-corrected chi connectivity index (χ0v) is 8.58. The van der Waals surface area contributed by atoms with Crippen molar-refractivity contribution in [2.24, 2.45) is 5.73 Å². The first-order valence-corrected chi connectivity index (χ1v) is 4.57. The summed E-state index contributed by atoms with van der Waals surface area (Å²) in [5, 5.41) is 0.295. The smallest absolute Gasteiger partial charge is 0.306 e. The summed E-state index contributed by atoms with van der Waals surface area (Å²) in [6.07, 6.45) is 0.205. The fourth-order valence-electron chi connectivity index (χ4n) is 1.13. The number of ether oxygens (including phenoxy) is 1. The van der Waals surface area contributed by atoms with Gasteiger partial charge in [0.1, 0.15) is 5.76 Å². The zero-order chi connectivity index (χ0) is 10.6. The molecule has 78 valence electrons. The van der Waals surface area contributed by atoms with Gasteiger partial charge in [-0.15, -0.1) is 0 Å². The second kappa shape index (κ2) is 5.02. The number of rotatable bonds is 4. The molecule has 1 aromatic rings. The highest BCUT2D eigenvalue weighted by atomic mass is 35.5. The largest absolute Gasteiger partial charge is 0.469 e. The molecular formula is C9H12ClNO3. The molecule has 0 amide bonds. The van der Waals surface area contributed by atoms with Crippen molar-refractivity contribution < 1.29 is 13.9 Å². The van der Waals surface area contributed by atoms with E-state index < -0.39 is 0 Å². The fraction of sp³-hybridized carbons (Fsp3) is 0.444. The van der Waals surface area contributed by atoms with Crippen LogP contribution in [0.15, 0.2) is 16.5 Å². The monoisotopic (exact) mass is 217 g/mol. The van der Waals surface area contributed by atoms with Crippen molar-refractivity contribution in [3.05, 3.63) is 23.1 Å². The number of halogens is 1. The van der Waals surface area contributed by atoms with Crippen LogP contribution in [0.2, 0.25) is 5.22 Å². The molecule has 0 radical (unpaired) electrons. The van der Waals surface area contributed by atoms with E-state index in [1.54, 1.807) is 12.1 Å². The van der Waals surface area contributed by atoms with Crippen LogP contribution in [-0.4, -0.2) is 19.6 Å². The number of nitrogens with two attached hydrogens (primary N) is 1. The molecule has 0 aliphatic rings. The van der Waals surface area contributed by atoms with Crippen LogP contribution in [0.4, 0.5) is 0 Å². The minimum absolute atomic E-state index is 0.171. The van der Waals surface area contributed by atoms with Crippen molar-refractivity contribution in [3.8, 4) is 0 Å². The van der Waals surface area contributed by atoms with Gasteiger partial charge < -0.3 is 14.9 Å². The topological polar surface area (TPSA) is 65.5 Å². The van der Waals surface area contributed by atoms with Gasteiger partial charge in [0, 0.05) is 12.5 Å². The minimum atomic E-state index is -0.312. The highest BCUT2D eigenvalue weighted by molar-refractivity contribution is 6.28. The molecular weight excluding hydrogens is 206 g/mol. The summed E-state index contributed by atoms with van der Waals surface area (Å²) in [7, 11) is 1.34. The lowest BCUT2D eigenvalue weighted by Crippen LogP contribution is -2.16. The van der Waals surface area contributed by atoms with Gasteiger partial charge >= 0.3 is 5.97 Å². The molecule has 0 fully saturated rings. The fourth-order valence-corrected chi connectivity index (χ4v) is 1.28. The molecule has 0 saturated carbocycles. The van der Waals surface area contributed by atoms with Gasteiger partial charge in [0.25, 0.3) is 0 Å². The Balaban J connectivity index is 2.67. The Bertz CT molecular complexity index is 311. The van der Waals surface area contributed by atoms with E-state index in [9.17, 15) is 4.79 Å². The number of esters is 1. The number of carbonyl (C=O) groups is 1. The van der Waals surface area contributed by atoms with E-state index in [0.29, 0.717) is 17.5 Å². The van der Waals surface area contributed by atoms with Crippen molar-refractivity contribution >= 4 is 17.6 Å². The van der Waals surface area contributed by atoms with Gasteiger partial charge in [0.2, 0.25) is 0 Å². The molecule has 2 N–H and O–H groups in total. The van der Waals surface area contributed by atoms with Crippen LogP contribution in [0.1, 0.15) is 18.1 Å². The Hall–Kier alpha value is -1.00. The van der Waals surface area contributed by atoms with Crippen LogP contribution in [0.5, 0.6) is 0 Å². The van der Waals surface area contributed by atoms with Gasteiger partial charge in [-0.3, -0.25) is 4.79 Å². The van der Waals surface area contributed by atoms with Crippen molar-refractivity contribution in [1.82, 2.24) is 0 Å². The lowest BCUT2D eigenvalue weighted by Gasteiger charge is -2.09. The molecule has 0 aromatic carbocycles. The van der Waals surface area contributed by atoms with E-state index in [-0.39, 0.29) is 18.3 Å². The Morgan fingerprint density at radius 3 is 2.86 bits per heavy atom. The van der Waals surface area contributed by atoms with Crippen LogP contribution in [0.3, 0.4) is 0 Å². The quantitative estimate of drug-likeness (QED) is 0.777. The third-order valence-corrected chi connectivity index (χ3v) is 2.12. The van der Waals surface area contributed by atoms with E-state index in [4.69, 9.17) is 21.8 Å². The van der Waals surface area contributed by atoms with Crippen LogP contribution in [0, 0.1) is 0 Å². The number of methoxy groups -OCH3 is 1. The summed E-state index contributed by atoms with van der Waals surface area (Å²) in [6.45, 7) is 0.318. The predicted molar refractivity (Wildman–Crippen MR) is 52.1 cm³/mol. The molecule has 5 heteroatoms. The van der Waals surface area contributed by atoms with Crippen molar-refractivity contribution in [2.45, 2.75) is 12.3 Å². The van der Waals surface area contributed by atoms with Crippen molar-refractivity contribution in [1.29, 1.82) is 0 Å². The molecule has 1 aromatic heterocycles. The van der Waals surface area contributed by atoms with Gasteiger partial charge in [-0.1, -0.05) is 0 Å². The molecule has 1 heterocycles. The second-order valence-electron chi connectivity index (χ2n) is 2.85. The molecule has 14 heavy (non-hydrogen) atoms. The lowest BCUT2D eigenvalue weighted by molar-refractivity contribution is -0.141. The van der Waals surface area contributed by atoms with Crippen LogP contribution >= 0.6 is 11.6 Å². The first kappa shape index (κ1) is 11.1. The highest BCUT2D eigenvalue weighted by Crippen LogP contribution is 2.23. The third-order valence-electron chi connectivity index (χ3n) is 1.92. The van der Waals surface area contributed by atoms with E-state index in [1.165, 1.54) is 7.11 Å². The number of hydrogen-bond acceptors (Lipinski definition) is 4. The van der Waals surface area contributed by atoms with Crippen molar-refractivity contribution in [3.63, 3.8) is 0 Å². The lowest BCUT2D eigenvalue weighted by atomic mass is 10.0. The van der Waals surface area contributed by atoms with Crippen molar-refractivity contribution in [2.75, 3.05) is 13.7 Å². The predicted octanol–water partition coefficient (Wildman–Crippen LogP) is 1.54. The first-order valence-electron chi connectivity index (χ1n) is 4.19. The van der Waals surface area contributed by atoms with Crippen LogP contribution in [-0.2, 0) is 9.53 Å². The molecule has 1 rings (SSSR count). The summed E-state index contributed by atoms with van der Waals surface area (Å²) in [4.78, 5) is 11.0. The van der Waals surface area contributed by atoms with Gasteiger partial charge in [-0.05, 0) is 23.7 Å². The van der Waals surface area contributed by atoms with E-state index >= 15 is 0 Å². The summed E-state index contributed by atoms with van der Waals surface area (Å²) in [5.74, 6) is 0.130. The zero-order valence-electron chi connectivity index (χ0n) is 7.83. The second-order valence-corrected chi connectivity index (χ2v) is 3.23. The average molecular weight is 218 g/mol. The number of furan rings is 1. The summed E-state index contributed by atoms with van der Waals surface area (Å²) in [5.41, 5.74) is 5.51. The normalized spacial score (nSPS) is 12.5. The minimum Gasteiger partial charge on any atom is -0.469 e. The number of carbonyl (C=O) groups excluding carboxylic acids is 1. The standard InChI is InChI=1S/C9H12ClNO3/c1-13-9(12)4-6(5-11)7-2-3-8(10)14-7/h2-3,6H,4-5,11H2,1H3.